The number of carbonyl (C=O) groups is 1. The number of hydrogen-bond donors (Lipinski definition) is 0. The molecule has 2 aliphatic carbocycles. The van der Waals surface area contributed by atoms with E-state index in [-0.39, 0.29) is 5.92 Å². The van der Waals surface area contributed by atoms with Crippen molar-refractivity contribution in [3.05, 3.63) is 59.7 Å². The molecule has 1 aromatic rings. The summed E-state index contributed by atoms with van der Waals surface area (Å²) in [6.07, 6.45) is 9.00. The Morgan fingerprint density at radius 1 is 1.06 bits per heavy atom. The van der Waals surface area contributed by atoms with Crippen LogP contribution in [0.4, 0.5) is 0 Å². The van der Waals surface area contributed by atoms with Crippen LogP contribution < -0.4 is 0 Å². The summed E-state index contributed by atoms with van der Waals surface area (Å²) in [5.41, 5.74) is 2.63. The number of allylic oxidation sites excluding steroid dienone is 4. The molecular formula is C16H16O. The van der Waals surface area contributed by atoms with Crippen molar-refractivity contribution in [3.8, 4) is 0 Å². The number of rotatable bonds is 1. The van der Waals surface area contributed by atoms with Gasteiger partial charge < -0.3 is 0 Å². The predicted octanol–water partition coefficient (Wildman–Crippen LogP) is 3.64. The minimum absolute atomic E-state index is 0.181. The van der Waals surface area contributed by atoms with Crippen molar-refractivity contribution in [2.45, 2.75) is 25.2 Å². The Labute approximate surface area is 102 Å². The quantitative estimate of drug-likeness (QED) is 0.711. The van der Waals surface area contributed by atoms with Crippen molar-refractivity contribution >= 4 is 5.78 Å². The van der Waals surface area contributed by atoms with Gasteiger partial charge in [0, 0.05) is 12.3 Å². The van der Waals surface area contributed by atoms with Gasteiger partial charge in [-0.25, -0.2) is 0 Å². The monoisotopic (exact) mass is 224 g/mol. The highest BCUT2D eigenvalue weighted by Crippen LogP contribution is 2.39. The molecule has 1 aromatic carbocycles. The molecule has 0 aliphatic heterocycles. The van der Waals surface area contributed by atoms with Crippen molar-refractivity contribution in [1.82, 2.24) is 0 Å². The first-order valence-electron chi connectivity index (χ1n) is 6.28. The number of hydrogen-bond acceptors (Lipinski definition) is 1. The molecule has 0 aromatic heterocycles. The number of fused-ring (bicyclic) bond motifs is 1. The normalized spacial score (nSPS) is 27.5. The molecular weight excluding hydrogens is 208 g/mol. The molecule has 1 nitrogen and oxygen atoms in total. The zero-order valence-electron chi connectivity index (χ0n) is 9.80. The van der Waals surface area contributed by atoms with Gasteiger partial charge in [0.05, 0.1) is 0 Å². The minimum Gasteiger partial charge on any atom is -0.299 e. The molecule has 0 spiro atoms. The molecule has 1 heteroatoms. The van der Waals surface area contributed by atoms with E-state index in [0.29, 0.717) is 18.1 Å². The summed E-state index contributed by atoms with van der Waals surface area (Å²) in [5.74, 6) is 0.985. The average molecular weight is 224 g/mol. The lowest BCUT2D eigenvalue weighted by Gasteiger charge is -2.31. The van der Waals surface area contributed by atoms with E-state index in [1.807, 2.05) is 6.07 Å². The maximum atomic E-state index is 12.1. The van der Waals surface area contributed by atoms with Gasteiger partial charge in [-0.2, -0.15) is 0 Å². The molecule has 1 saturated carbocycles. The standard InChI is InChI=1S/C16H16O/c17-16-11-14(12-6-2-1-3-7-12)10-13-8-4-5-9-15(13)16/h1-8,14-15H,9-11H2. The maximum absolute atomic E-state index is 12.1. The fourth-order valence-electron chi connectivity index (χ4n) is 2.93. The zero-order valence-corrected chi connectivity index (χ0v) is 9.80. The van der Waals surface area contributed by atoms with Gasteiger partial charge in [0.2, 0.25) is 0 Å². The SMILES string of the molecule is O=C1CC(c2ccccc2)CC2=CC=CCC12. The average Bonchev–Trinajstić information content (AvgIpc) is 2.40. The van der Waals surface area contributed by atoms with E-state index >= 15 is 0 Å². The van der Waals surface area contributed by atoms with Crippen LogP contribution in [-0.4, -0.2) is 5.78 Å². The van der Waals surface area contributed by atoms with E-state index in [9.17, 15) is 4.79 Å². The highest BCUT2D eigenvalue weighted by Gasteiger charge is 2.32. The Morgan fingerprint density at radius 3 is 2.71 bits per heavy atom. The molecule has 86 valence electrons. The molecule has 0 radical (unpaired) electrons. The summed E-state index contributed by atoms with van der Waals surface area (Å²) < 4.78 is 0. The zero-order chi connectivity index (χ0) is 11.7. The first-order chi connectivity index (χ1) is 8.34. The molecule has 3 rings (SSSR count). The second-order valence-electron chi connectivity index (χ2n) is 4.94. The molecule has 0 N–H and O–H groups in total. The lowest BCUT2D eigenvalue weighted by molar-refractivity contribution is -0.123. The van der Waals surface area contributed by atoms with Gasteiger partial charge in [0.25, 0.3) is 0 Å². The predicted molar refractivity (Wildman–Crippen MR) is 68.8 cm³/mol. The molecule has 1 fully saturated rings. The third kappa shape index (κ3) is 1.97. The summed E-state index contributed by atoms with van der Waals surface area (Å²) in [6.45, 7) is 0. The van der Waals surface area contributed by atoms with Crippen LogP contribution in [0.3, 0.4) is 0 Å². The summed E-state index contributed by atoms with van der Waals surface area (Å²) in [6, 6.07) is 10.4. The third-order valence-electron chi connectivity index (χ3n) is 3.86. The van der Waals surface area contributed by atoms with E-state index in [2.05, 4.69) is 42.5 Å². The number of benzene rings is 1. The summed E-state index contributed by atoms with van der Waals surface area (Å²) in [4.78, 5) is 12.1. The van der Waals surface area contributed by atoms with Crippen molar-refractivity contribution in [2.24, 2.45) is 5.92 Å². The van der Waals surface area contributed by atoms with Crippen molar-refractivity contribution < 1.29 is 4.79 Å². The Balaban J connectivity index is 1.88. The summed E-state index contributed by atoms with van der Waals surface area (Å²) in [7, 11) is 0. The topological polar surface area (TPSA) is 17.1 Å². The number of Topliss-reactive ketones (excluding diaryl/α,β-unsaturated/α-hetero) is 1. The van der Waals surface area contributed by atoms with Crippen LogP contribution >= 0.6 is 0 Å². The molecule has 2 unspecified atom stereocenters. The Morgan fingerprint density at radius 2 is 1.88 bits per heavy atom. The highest BCUT2D eigenvalue weighted by molar-refractivity contribution is 5.86. The second-order valence-corrected chi connectivity index (χ2v) is 4.94. The Bertz CT molecular complexity index is 482. The van der Waals surface area contributed by atoms with E-state index < -0.39 is 0 Å². The van der Waals surface area contributed by atoms with Gasteiger partial charge in [-0.1, -0.05) is 54.1 Å². The second kappa shape index (κ2) is 4.33. The fourth-order valence-corrected chi connectivity index (χ4v) is 2.93. The van der Waals surface area contributed by atoms with Crippen LogP contribution in [0.1, 0.15) is 30.7 Å². The fraction of sp³-hybridized carbons (Fsp3) is 0.312. The first kappa shape index (κ1) is 10.5. The molecule has 17 heavy (non-hydrogen) atoms. The van der Waals surface area contributed by atoms with E-state index in [0.717, 1.165) is 12.8 Å². The van der Waals surface area contributed by atoms with Crippen LogP contribution in [0.25, 0.3) is 0 Å². The van der Waals surface area contributed by atoms with Crippen LogP contribution in [0.2, 0.25) is 0 Å². The largest absolute Gasteiger partial charge is 0.299 e. The maximum Gasteiger partial charge on any atom is 0.140 e. The van der Waals surface area contributed by atoms with Crippen molar-refractivity contribution in [1.29, 1.82) is 0 Å². The summed E-state index contributed by atoms with van der Waals surface area (Å²) in [5, 5.41) is 0. The lowest BCUT2D eigenvalue weighted by atomic mass is 9.72. The van der Waals surface area contributed by atoms with Crippen molar-refractivity contribution in [2.75, 3.05) is 0 Å². The molecule has 0 saturated heterocycles. The van der Waals surface area contributed by atoms with Crippen LogP contribution in [0.15, 0.2) is 54.1 Å². The Kier molecular flexibility index (Phi) is 2.68. The third-order valence-corrected chi connectivity index (χ3v) is 3.86. The number of carbonyl (C=O) groups excluding carboxylic acids is 1. The molecule has 2 atom stereocenters. The molecule has 0 amide bonds. The van der Waals surface area contributed by atoms with Gasteiger partial charge in [0.15, 0.2) is 0 Å². The van der Waals surface area contributed by atoms with Gasteiger partial charge in [-0.15, -0.1) is 0 Å². The summed E-state index contributed by atoms with van der Waals surface area (Å²) >= 11 is 0. The van der Waals surface area contributed by atoms with E-state index in [1.165, 1.54) is 11.1 Å². The molecule has 0 heterocycles. The lowest BCUT2D eigenvalue weighted by Crippen LogP contribution is -2.26. The van der Waals surface area contributed by atoms with E-state index in [4.69, 9.17) is 0 Å². The smallest absolute Gasteiger partial charge is 0.140 e. The van der Waals surface area contributed by atoms with Crippen LogP contribution in [0.5, 0.6) is 0 Å². The van der Waals surface area contributed by atoms with Crippen molar-refractivity contribution in [3.63, 3.8) is 0 Å². The van der Waals surface area contributed by atoms with Gasteiger partial charge in [0.1, 0.15) is 5.78 Å². The van der Waals surface area contributed by atoms with Gasteiger partial charge in [-0.05, 0) is 24.3 Å². The van der Waals surface area contributed by atoms with Crippen LogP contribution in [0, 0.1) is 5.92 Å². The highest BCUT2D eigenvalue weighted by atomic mass is 16.1. The Hall–Kier alpha value is -1.63. The van der Waals surface area contributed by atoms with Gasteiger partial charge >= 0.3 is 0 Å². The number of ketones is 1. The molecule has 2 aliphatic rings. The molecule has 0 bridgehead atoms. The van der Waals surface area contributed by atoms with Crippen LogP contribution in [-0.2, 0) is 4.79 Å². The van der Waals surface area contributed by atoms with E-state index in [1.54, 1.807) is 0 Å². The minimum atomic E-state index is 0.181. The first-order valence-corrected chi connectivity index (χ1v) is 6.28. The van der Waals surface area contributed by atoms with Gasteiger partial charge in [-0.3, -0.25) is 4.79 Å².